The highest BCUT2D eigenvalue weighted by Crippen LogP contribution is 2.17. The Kier molecular flexibility index (Phi) is 7.02. The highest BCUT2D eigenvalue weighted by atomic mass is 16.5. The number of nitriles is 1. The van der Waals surface area contributed by atoms with Crippen molar-refractivity contribution in [2.45, 2.75) is 19.3 Å². The second kappa shape index (κ2) is 9.48. The van der Waals surface area contributed by atoms with E-state index in [4.69, 9.17) is 10.00 Å². The van der Waals surface area contributed by atoms with Gasteiger partial charge in [0.15, 0.2) is 0 Å². The van der Waals surface area contributed by atoms with Crippen LogP contribution in [0, 0.1) is 17.2 Å². The Bertz CT molecular complexity index is 653. The van der Waals surface area contributed by atoms with Crippen LogP contribution in [-0.4, -0.2) is 43.5 Å². The van der Waals surface area contributed by atoms with Gasteiger partial charge in [0.25, 0.3) is 0 Å². The topological polar surface area (TPSA) is 82.4 Å². The number of carbonyl (C=O) groups is 2. The Balaban J connectivity index is 1.76. The smallest absolute Gasteiger partial charge is 0.246 e. The number of hydrogen-bond donors (Lipinski definition) is 1. The zero-order valence-corrected chi connectivity index (χ0v) is 14.4. The number of likely N-dealkylation sites (tertiary alicyclic amines) is 1. The third-order valence-corrected chi connectivity index (χ3v) is 4.29. The molecule has 1 aliphatic heterocycles. The molecule has 1 aromatic carbocycles. The molecule has 2 rings (SSSR count). The number of methoxy groups -OCH3 is 1. The van der Waals surface area contributed by atoms with E-state index >= 15 is 0 Å². The first kappa shape index (κ1) is 18.5. The van der Waals surface area contributed by atoms with Crippen LogP contribution in [0.1, 0.15) is 24.8 Å². The van der Waals surface area contributed by atoms with E-state index in [0.29, 0.717) is 25.6 Å². The molecule has 1 heterocycles. The molecule has 25 heavy (non-hydrogen) atoms. The minimum Gasteiger partial charge on any atom is -0.497 e. The average molecular weight is 341 g/mol. The molecule has 0 atom stereocenters. The van der Waals surface area contributed by atoms with E-state index in [1.807, 2.05) is 35.2 Å². The number of benzene rings is 1. The van der Waals surface area contributed by atoms with Gasteiger partial charge in [-0.1, -0.05) is 12.1 Å². The Morgan fingerprint density at radius 1 is 1.32 bits per heavy atom. The fourth-order valence-electron chi connectivity index (χ4n) is 2.74. The zero-order valence-electron chi connectivity index (χ0n) is 14.4. The summed E-state index contributed by atoms with van der Waals surface area (Å²) in [5, 5.41) is 11.2. The lowest BCUT2D eigenvalue weighted by molar-refractivity contribution is -0.127. The summed E-state index contributed by atoms with van der Waals surface area (Å²) in [4.78, 5) is 25.4. The number of rotatable bonds is 6. The molecular weight excluding hydrogens is 318 g/mol. The third-order valence-electron chi connectivity index (χ3n) is 4.29. The molecule has 1 fully saturated rings. The van der Waals surface area contributed by atoms with Crippen LogP contribution in [0.5, 0.6) is 5.75 Å². The lowest BCUT2D eigenvalue weighted by Crippen LogP contribution is -2.40. The molecule has 0 aliphatic carbocycles. The van der Waals surface area contributed by atoms with Crippen molar-refractivity contribution in [3.63, 3.8) is 0 Å². The minimum absolute atomic E-state index is 0.00258. The van der Waals surface area contributed by atoms with Gasteiger partial charge >= 0.3 is 0 Å². The third kappa shape index (κ3) is 5.96. The van der Waals surface area contributed by atoms with Crippen LogP contribution in [0.4, 0.5) is 0 Å². The lowest BCUT2D eigenvalue weighted by atomic mass is 9.96. The van der Waals surface area contributed by atoms with Crippen LogP contribution >= 0.6 is 0 Å². The molecule has 0 aromatic heterocycles. The summed E-state index contributed by atoms with van der Waals surface area (Å²) in [5.74, 6) is 0.913. The van der Waals surface area contributed by atoms with Crippen molar-refractivity contribution >= 4 is 17.9 Å². The van der Waals surface area contributed by atoms with Gasteiger partial charge in [-0.3, -0.25) is 9.59 Å². The van der Waals surface area contributed by atoms with Gasteiger partial charge in [-0.15, -0.1) is 0 Å². The summed E-state index contributed by atoms with van der Waals surface area (Å²) in [6, 6.07) is 9.35. The molecule has 0 spiro atoms. The van der Waals surface area contributed by atoms with E-state index in [9.17, 15) is 9.59 Å². The number of piperidine rings is 1. The quantitative estimate of drug-likeness (QED) is 0.802. The van der Waals surface area contributed by atoms with Crippen LogP contribution < -0.4 is 10.1 Å². The second-order valence-electron chi connectivity index (χ2n) is 6.01. The number of amides is 2. The molecule has 0 radical (unpaired) electrons. The Hall–Kier alpha value is -2.81. The van der Waals surface area contributed by atoms with Gasteiger partial charge < -0.3 is 15.0 Å². The van der Waals surface area contributed by atoms with Crippen molar-refractivity contribution < 1.29 is 14.3 Å². The molecule has 132 valence electrons. The first-order valence-electron chi connectivity index (χ1n) is 8.37. The average Bonchev–Trinajstić information content (AvgIpc) is 2.65. The molecule has 1 N–H and O–H groups in total. The zero-order chi connectivity index (χ0) is 18.1. The van der Waals surface area contributed by atoms with Crippen molar-refractivity contribution in [2.75, 3.05) is 26.7 Å². The molecule has 0 bridgehead atoms. The molecule has 6 heteroatoms. The van der Waals surface area contributed by atoms with Crippen LogP contribution in [0.25, 0.3) is 6.08 Å². The van der Waals surface area contributed by atoms with Gasteiger partial charge in [-0.2, -0.15) is 5.26 Å². The van der Waals surface area contributed by atoms with Crippen molar-refractivity contribution in [1.29, 1.82) is 5.26 Å². The van der Waals surface area contributed by atoms with Crippen LogP contribution in [0.2, 0.25) is 0 Å². The van der Waals surface area contributed by atoms with Crippen molar-refractivity contribution in [2.24, 2.45) is 5.92 Å². The Morgan fingerprint density at radius 3 is 2.60 bits per heavy atom. The van der Waals surface area contributed by atoms with E-state index < -0.39 is 0 Å². The number of hydrogen-bond acceptors (Lipinski definition) is 4. The van der Waals surface area contributed by atoms with E-state index in [1.54, 1.807) is 19.3 Å². The normalized spacial score (nSPS) is 15.0. The lowest BCUT2D eigenvalue weighted by Gasteiger charge is -2.31. The molecular formula is C19H23N3O3. The molecule has 1 aromatic rings. The van der Waals surface area contributed by atoms with Crippen molar-refractivity contribution in [3.05, 3.63) is 35.9 Å². The summed E-state index contributed by atoms with van der Waals surface area (Å²) in [6.07, 6.45) is 5.00. The predicted molar refractivity (Wildman–Crippen MR) is 94.6 cm³/mol. The molecule has 1 aliphatic rings. The highest BCUT2D eigenvalue weighted by molar-refractivity contribution is 5.91. The molecule has 2 amide bonds. The number of carbonyl (C=O) groups excluding carboxylic acids is 2. The van der Waals surface area contributed by atoms with Gasteiger partial charge in [-0.05, 0) is 42.5 Å². The molecule has 0 saturated carbocycles. The second-order valence-corrected chi connectivity index (χ2v) is 6.01. The molecule has 0 unspecified atom stereocenters. The summed E-state index contributed by atoms with van der Waals surface area (Å²) in [5.41, 5.74) is 0.948. The maximum atomic E-state index is 12.3. The van der Waals surface area contributed by atoms with E-state index in [1.165, 1.54) is 0 Å². The highest BCUT2D eigenvalue weighted by Gasteiger charge is 2.21. The Morgan fingerprint density at radius 2 is 2.00 bits per heavy atom. The molecule has 1 saturated heterocycles. The fraction of sp³-hybridized carbons (Fsp3) is 0.421. The standard InChI is InChI=1S/C19H23N3O3/c1-25-17-5-2-15(3-6-17)4-7-19(24)22-12-9-16(10-13-22)14-21-18(23)8-11-20/h2-7,16H,8-10,12-14H2,1H3,(H,21,23)/b7-4+. The Labute approximate surface area is 148 Å². The first-order chi connectivity index (χ1) is 12.1. The van der Waals surface area contributed by atoms with Crippen LogP contribution in [0.15, 0.2) is 30.3 Å². The maximum Gasteiger partial charge on any atom is 0.246 e. The SMILES string of the molecule is COc1ccc(/C=C/C(=O)N2CCC(CNC(=O)CC#N)CC2)cc1. The van der Waals surface area contributed by atoms with Gasteiger partial charge in [0, 0.05) is 25.7 Å². The molecule has 6 nitrogen and oxygen atoms in total. The summed E-state index contributed by atoms with van der Waals surface area (Å²) >= 11 is 0. The van der Waals surface area contributed by atoms with E-state index in [-0.39, 0.29) is 18.2 Å². The maximum absolute atomic E-state index is 12.3. The first-order valence-corrected chi connectivity index (χ1v) is 8.37. The van der Waals surface area contributed by atoms with Gasteiger partial charge in [0.05, 0.1) is 13.2 Å². The van der Waals surface area contributed by atoms with Gasteiger partial charge in [0.1, 0.15) is 12.2 Å². The number of nitrogens with zero attached hydrogens (tertiary/aromatic N) is 2. The summed E-state index contributed by atoms with van der Waals surface area (Å²) in [7, 11) is 1.62. The minimum atomic E-state index is -0.233. The summed E-state index contributed by atoms with van der Waals surface area (Å²) < 4.78 is 5.11. The van der Waals surface area contributed by atoms with Crippen molar-refractivity contribution in [1.82, 2.24) is 10.2 Å². The van der Waals surface area contributed by atoms with Gasteiger partial charge in [-0.25, -0.2) is 0 Å². The van der Waals surface area contributed by atoms with Gasteiger partial charge in [0.2, 0.25) is 11.8 Å². The van der Waals surface area contributed by atoms with E-state index in [2.05, 4.69) is 5.32 Å². The number of nitrogens with one attached hydrogen (secondary N) is 1. The predicted octanol–water partition coefficient (Wildman–Crippen LogP) is 1.98. The summed E-state index contributed by atoms with van der Waals surface area (Å²) in [6.45, 7) is 1.94. The van der Waals surface area contributed by atoms with Crippen molar-refractivity contribution in [3.8, 4) is 11.8 Å². The van der Waals surface area contributed by atoms with E-state index in [0.717, 1.165) is 24.2 Å². The largest absolute Gasteiger partial charge is 0.497 e. The van der Waals surface area contributed by atoms with Crippen LogP contribution in [-0.2, 0) is 9.59 Å². The monoisotopic (exact) mass is 341 g/mol. The fourth-order valence-corrected chi connectivity index (χ4v) is 2.74. The number of ether oxygens (including phenoxy) is 1. The van der Waals surface area contributed by atoms with Crippen LogP contribution in [0.3, 0.4) is 0 Å².